The van der Waals surface area contributed by atoms with Crippen LogP contribution < -0.4 is 0 Å². The van der Waals surface area contributed by atoms with Crippen LogP contribution in [-0.4, -0.2) is 79.3 Å². The number of amides is 2. The number of halogens is 1. The third kappa shape index (κ3) is 4.62. The van der Waals surface area contributed by atoms with Crippen LogP contribution in [0.1, 0.15) is 16.2 Å². The lowest BCUT2D eigenvalue weighted by molar-refractivity contribution is -0.132. The molecule has 0 N–H and O–H groups in total. The number of carbonyl (C=O) groups is 2. The maximum Gasteiger partial charge on any atom is 0.292 e. The number of carbonyl (C=O) groups excluding carboxylic acids is 2. The number of aryl methyl sites for hydroxylation is 1. The molecule has 0 saturated carbocycles. The predicted molar refractivity (Wildman–Crippen MR) is 99.9 cm³/mol. The average molecular weight is 424 g/mol. The van der Waals surface area contributed by atoms with Crippen LogP contribution in [0.3, 0.4) is 0 Å². The maximum atomic E-state index is 13.0. The van der Waals surface area contributed by atoms with Gasteiger partial charge in [-0.15, -0.1) is 0 Å². The van der Waals surface area contributed by atoms with Crippen LogP contribution in [0.25, 0.3) is 0 Å². The molecule has 0 spiro atoms. The molecule has 0 aliphatic carbocycles. The molecule has 0 unspecified atom stereocenters. The SMILES string of the molecule is Cc1cc(C(=O)N2CCN(C(=O)CN(C)S(=O)(=O)c3ccc(F)cc3)CC2)on1. The lowest BCUT2D eigenvalue weighted by atomic mass is 10.2. The topological polar surface area (TPSA) is 104 Å². The van der Waals surface area contributed by atoms with Crippen molar-refractivity contribution in [2.45, 2.75) is 11.8 Å². The van der Waals surface area contributed by atoms with Gasteiger partial charge in [0.1, 0.15) is 5.82 Å². The molecule has 3 rings (SSSR count). The quantitative estimate of drug-likeness (QED) is 0.701. The van der Waals surface area contributed by atoms with Crippen LogP contribution >= 0.6 is 0 Å². The summed E-state index contributed by atoms with van der Waals surface area (Å²) in [5, 5.41) is 3.69. The fourth-order valence-electron chi connectivity index (χ4n) is 2.94. The van der Waals surface area contributed by atoms with E-state index in [-0.39, 0.29) is 42.1 Å². The van der Waals surface area contributed by atoms with Crippen LogP contribution in [-0.2, 0) is 14.8 Å². The van der Waals surface area contributed by atoms with Gasteiger partial charge in [-0.05, 0) is 31.2 Å². The number of piperazine rings is 1. The summed E-state index contributed by atoms with van der Waals surface area (Å²) in [4.78, 5) is 27.8. The molecule has 29 heavy (non-hydrogen) atoms. The van der Waals surface area contributed by atoms with E-state index in [9.17, 15) is 22.4 Å². The average Bonchev–Trinajstić information content (AvgIpc) is 3.14. The van der Waals surface area contributed by atoms with Gasteiger partial charge in [-0.2, -0.15) is 4.31 Å². The van der Waals surface area contributed by atoms with Gasteiger partial charge in [-0.3, -0.25) is 9.59 Å². The molecule has 0 bridgehead atoms. The van der Waals surface area contributed by atoms with Crippen molar-refractivity contribution in [3.8, 4) is 0 Å². The molecule has 1 aromatic carbocycles. The highest BCUT2D eigenvalue weighted by molar-refractivity contribution is 7.89. The van der Waals surface area contributed by atoms with E-state index < -0.39 is 15.8 Å². The molecule has 2 heterocycles. The Morgan fingerprint density at radius 1 is 1.14 bits per heavy atom. The minimum Gasteiger partial charge on any atom is -0.351 e. The lowest BCUT2D eigenvalue weighted by Crippen LogP contribution is -2.52. The molecule has 0 radical (unpaired) electrons. The first-order valence-corrected chi connectivity index (χ1v) is 10.3. The number of aromatic nitrogens is 1. The predicted octanol–water partition coefficient (Wildman–Crippen LogP) is 0.727. The van der Waals surface area contributed by atoms with Crippen molar-refractivity contribution < 1.29 is 26.9 Å². The summed E-state index contributed by atoms with van der Waals surface area (Å²) < 4.78 is 44.0. The highest BCUT2D eigenvalue weighted by atomic mass is 32.2. The summed E-state index contributed by atoms with van der Waals surface area (Å²) in [5.74, 6) is -1.07. The largest absolute Gasteiger partial charge is 0.351 e. The van der Waals surface area contributed by atoms with Gasteiger partial charge in [0.15, 0.2) is 0 Å². The Balaban J connectivity index is 1.56. The van der Waals surface area contributed by atoms with E-state index in [1.807, 2.05) is 0 Å². The van der Waals surface area contributed by atoms with Crippen LogP contribution in [0.15, 0.2) is 39.8 Å². The molecule has 156 valence electrons. The third-order valence-electron chi connectivity index (χ3n) is 4.64. The maximum absolute atomic E-state index is 13.0. The van der Waals surface area contributed by atoms with Gasteiger partial charge in [-0.1, -0.05) is 5.16 Å². The zero-order valence-corrected chi connectivity index (χ0v) is 16.9. The molecule has 1 aliphatic rings. The van der Waals surface area contributed by atoms with Crippen molar-refractivity contribution in [1.29, 1.82) is 0 Å². The smallest absolute Gasteiger partial charge is 0.292 e. The van der Waals surface area contributed by atoms with Crippen molar-refractivity contribution in [2.24, 2.45) is 0 Å². The molecule has 2 aromatic rings. The molecular formula is C18H21FN4O5S. The number of hydrogen-bond donors (Lipinski definition) is 0. The fourth-order valence-corrected chi connectivity index (χ4v) is 4.06. The first-order valence-electron chi connectivity index (χ1n) is 8.91. The Morgan fingerprint density at radius 2 is 1.72 bits per heavy atom. The summed E-state index contributed by atoms with van der Waals surface area (Å²) in [5.41, 5.74) is 0.604. The fraction of sp³-hybridized carbons (Fsp3) is 0.389. The summed E-state index contributed by atoms with van der Waals surface area (Å²) in [6, 6.07) is 5.96. The molecule has 1 fully saturated rings. The van der Waals surface area contributed by atoms with Crippen molar-refractivity contribution in [3.63, 3.8) is 0 Å². The zero-order chi connectivity index (χ0) is 21.2. The Hall–Kier alpha value is -2.79. The van der Waals surface area contributed by atoms with Gasteiger partial charge in [0.25, 0.3) is 5.91 Å². The second-order valence-electron chi connectivity index (χ2n) is 6.72. The van der Waals surface area contributed by atoms with E-state index in [4.69, 9.17) is 4.52 Å². The second-order valence-corrected chi connectivity index (χ2v) is 8.77. The van der Waals surface area contributed by atoms with E-state index in [0.29, 0.717) is 18.8 Å². The summed E-state index contributed by atoms with van der Waals surface area (Å²) in [7, 11) is -2.62. The monoisotopic (exact) mass is 424 g/mol. The summed E-state index contributed by atoms with van der Waals surface area (Å²) in [6.07, 6.45) is 0. The van der Waals surface area contributed by atoms with E-state index in [1.54, 1.807) is 17.9 Å². The standard InChI is InChI=1S/C18H21FN4O5S/c1-13-11-16(28-20-13)18(25)23-9-7-22(8-10-23)17(24)12-21(2)29(26,27)15-5-3-14(19)4-6-15/h3-6,11H,7-10,12H2,1-2H3. The number of hydrogen-bond acceptors (Lipinski definition) is 6. The highest BCUT2D eigenvalue weighted by Crippen LogP contribution is 2.16. The van der Waals surface area contributed by atoms with Gasteiger partial charge >= 0.3 is 0 Å². The zero-order valence-electron chi connectivity index (χ0n) is 16.0. The lowest BCUT2D eigenvalue weighted by Gasteiger charge is -2.34. The van der Waals surface area contributed by atoms with E-state index in [1.165, 1.54) is 11.9 Å². The minimum absolute atomic E-state index is 0.0908. The number of rotatable bonds is 5. The van der Waals surface area contributed by atoms with Crippen molar-refractivity contribution in [3.05, 3.63) is 47.6 Å². The summed E-state index contributed by atoms with van der Waals surface area (Å²) in [6.45, 7) is 2.53. The molecule has 1 aliphatic heterocycles. The van der Waals surface area contributed by atoms with Gasteiger partial charge in [0.2, 0.25) is 21.7 Å². The first-order chi connectivity index (χ1) is 13.7. The number of sulfonamides is 1. The van der Waals surface area contributed by atoms with Crippen LogP contribution in [0.4, 0.5) is 4.39 Å². The van der Waals surface area contributed by atoms with Gasteiger partial charge in [0, 0.05) is 39.3 Å². The molecule has 1 aromatic heterocycles. The van der Waals surface area contributed by atoms with Crippen molar-refractivity contribution >= 4 is 21.8 Å². The van der Waals surface area contributed by atoms with Gasteiger partial charge in [0.05, 0.1) is 17.1 Å². The van der Waals surface area contributed by atoms with Crippen molar-refractivity contribution in [1.82, 2.24) is 19.3 Å². The highest BCUT2D eigenvalue weighted by Gasteiger charge is 2.29. The summed E-state index contributed by atoms with van der Waals surface area (Å²) >= 11 is 0. The van der Waals surface area contributed by atoms with Crippen molar-refractivity contribution in [2.75, 3.05) is 39.8 Å². The molecule has 11 heteroatoms. The number of likely N-dealkylation sites (N-methyl/N-ethyl adjacent to an activating group) is 1. The molecule has 9 nitrogen and oxygen atoms in total. The molecule has 2 amide bonds. The Labute approximate surface area is 167 Å². The molecular weight excluding hydrogens is 403 g/mol. The number of nitrogens with zero attached hydrogens (tertiary/aromatic N) is 4. The Bertz CT molecular complexity index is 998. The van der Waals surface area contributed by atoms with E-state index in [0.717, 1.165) is 28.6 Å². The Kier molecular flexibility index (Phi) is 5.99. The molecule has 1 saturated heterocycles. The van der Waals surface area contributed by atoms with Crippen LogP contribution in [0, 0.1) is 12.7 Å². The Morgan fingerprint density at radius 3 is 2.28 bits per heavy atom. The number of benzene rings is 1. The molecule has 0 atom stereocenters. The normalized spacial score (nSPS) is 15.0. The van der Waals surface area contributed by atoms with E-state index in [2.05, 4.69) is 5.16 Å². The van der Waals surface area contributed by atoms with Crippen LogP contribution in [0.5, 0.6) is 0 Å². The second kappa shape index (κ2) is 8.29. The van der Waals surface area contributed by atoms with Gasteiger partial charge in [-0.25, -0.2) is 12.8 Å². The van der Waals surface area contributed by atoms with E-state index >= 15 is 0 Å². The van der Waals surface area contributed by atoms with Gasteiger partial charge < -0.3 is 14.3 Å². The van der Waals surface area contributed by atoms with Crippen LogP contribution in [0.2, 0.25) is 0 Å². The first kappa shape index (κ1) is 20.9. The minimum atomic E-state index is -3.91. The third-order valence-corrected chi connectivity index (χ3v) is 6.46.